The minimum Gasteiger partial charge on any atom is -0.311 e. The van der Waals surface area contributed by atoms with Gasteiger partial charge in [-0.25, -0.2) is 0 Å². The van der Waals surface area contributed by atoms with E-state index in [9.17, 15) is 0 Å². The molecule has 3 heterocycles. The van der Waals surface area contributed by atoms with Crippen LogP contribution >= 0.6 is 11.8 Å². The van der Waals surface area contributed by atoms with E-state index in [0.717, 1.165) is 0 Å². The lowest BCUT2D eigenvalue weighted by Crippen LogP contribution is -2.67. The molecule has 1 nitrogen and oxygen atoms in total. The van der Waals surface area contributed by atoms with Crippen molar-refractivity contribution in [1.82, 2.24) is 0 Å². The Morgan fingerprint density at radius 2 is 1.20 bits per heavy atom. The summed E-state index contributed by atoms with van der Waals surface area (Å²) < 4.78 is 0. The van der Waals surface area contributed by atoms with Crippen molar-refractivity contribution in [2.45, 2.75) is 48.3 Å². The first-order valence-corrected chi connectivity index (χ1v) is 16.8. The topological polar surface area (TPSA) is 3.24 Å². The molecule has 0 spiro atoms. The molecule has 0 unspecified atom stereocenters. The molecule has 0 fully saturated rings. The summed E-state index contributed by atoms with van der Waals surface area (Å²) in [7, 11) is 0. The van der Waals surface area contributed by atoms with E-state index in [0.29, 0.717) is 0 Å². The van der Waals surface area contributed by atoms with Crippen molar-refractivity contribution in [1.29, 1.82) is 0 Å². The van der Waals surface area contributed by atoms with Gasteiger partial charge in [-0.15, -0.1) is 0 Å². The van der Waals surface area contributed by atoms with E-state index in [1.54, 1.807) is 0 Å². The molecule has 3 aliphatic heterocycles. The highest BCUT2D eigenvalue weighted by Crippen LogP contribution is 2.52. The number of rotatable bonds is 3. The van der Waals surface area contributed by atoms with Gasteiger partial charge in [0.05, 0.1) is 5.41 Å². The number of aryl methyl sites for hydroxylation is 1. The van der Waals surface area contributed by atoms with Crippen LogP contribution in [0.3, 0.4) is 0 Å². The highest BCUT2D eigenvalue weighted by atomic mass is 32.2. The van der Waals surface area contributed by atoms with E-state index in [1.807, 2.05) is 11.8 Å². The molecule has 0 N–H and O–H groups in total. The lowest BCUT2D eigenvalue weighted by molar-refractivity contribution is 0.590. The maximum atomic E-state index is 2.55. The van der Waals surface area contributed by atoms with Crippen LogP contribution in [0.4, 0.5) is 17.1 Å². The molecule has 0 saturated carbocycles. The van der Waals surface area contributed by atoms with Crippen molar-refractivity contribution < 1.29 is 0 Å². The molecule has 0 bridgehead atoms. The van der Waals surface area contributed by atoms with Gasteiger partial charge in [-0.1, -0.05) is 135 Å². The Morgan fingerprint density at radius 1 is 0.578 bits per heavy atom. The van der Waals surface area contributed by atoms with Gasteiger partial charge < -0.3 is 4.90 Å². The van der Waals surface area contributed by atoms with Gasteiger partial charge in [-0.05, 0) is 93.0 Å². The summed E-state index contributed by atoms with van der Waals surface area (Å²) in [5.74, 6) is 0. The first-order valence-electron chi connectivity index (χ1n) is 16.0. The second-order valence-corrected chi connectivity index (χ2v) is 14.9. The Balaban J connectivity index is 1.43. The zero-order chi connectivity index (χ0) is 30.5. The first kappa shape index (κ1) is 26.9. The summed E-state index contributed by atoms with van der Waals surface area (Å²) in [6.07, 6.45) is 0. The van der Waals surface area contributed by atoms with Gasteiger partial charge in [0, 0.05) is 26.9 Å². The molecule has 9 rings (SSSR count). The van der Waals surface area contributed by atoms with Crippen LogP contribution < -0.4 is 21.3 Å². The Kier molecular flexibility index (Phi) is 5.69. The van der Waals surface area contributed by atoms with Gasteiger partial charge in [0.25, 0.3) is 0 Å². The molecule has 6 aromatic carbocycles. The molecule has 3 aliphatic rings. The van der Waals surface area contributed by atoms with Gasteiger partial charge >= 0.3 is 0 Å². The van der Waals surface area contributed by atoms with E-state index in [2.05, 4.69) is 166 Å². The summed E-state index contributed by atoms with van der Waals surface area (Å²) in [5, 5.41) is 0. The molecule has 3 heteroatoms. The number of hydrogen-bond acceptors (Lipinski definition) is 2. The lowest BCUT2D eigenvalue weighted by atomic mass is 9.29. The van der Waals surface area contributed by atoms with Gasteiger partial charge in [0.2, 0.25) is 6.71 Å². The average Bonchev–Trinajstić information content (AvgIpc) is 3.05. The van der Waals surface area contributed by atoms with Crippen LogP contribution in [0, 0.1) is 6.92 Å². The maximum absolute atomic E-state index is 2.55. The van der Waals surface area contributed by atoms with Gasteiger partial charge in [0.15, 0.2) is 0 Å². The minimum absolute atomic E-state index is 0.0989. The average molecular weight is 596 g/mol. The monoisotopic (exact) mass is 595 g/mol. The third kappa shape index (κ3) is 3.65. The SMILES string of the molecule is Cc1cc2c3c(c1)N(c1ccc(C(C)(C)C)cc1)c1cccc4c1B3c1c(cccc1C4(c1ccccc1)c1ccccc1)S2. The largest absolute Gasteiger partial charge is 0.311 e. The molecule has 0 radical (unpaired) electrons. The molecule has 6 aromatic rings. The molecule has 0 amide bonds. The number of nitrogens with zero attached hydrogens (tertiary/aromatic N) is 1. The predicted octanol–water partition coefficient (Wildman–Crippen LogP) is 8.75. The van der Waals surface area contributed by atoms with Crippen molar-refractivity contribution in [3.63, 3.8) is 0 Å². The first-order chi connectivity index (χ1) is 21.9. The molecule has 216 valence electrons. The maximum Gasteiger partial charge on any atom is 0.250 e. The number of anilines is 3. The predicted molar refractivity (Wildman–Crippen MR) is 192 cm³/mol. The number of hydrogen-bond donors (Lipinski definition) is 0. The summed E-state index contributed by atoms with van der Waals surface area (Å²) in [4.78, 5) is 5.30. The van der Waals surface area contributed by atoms with Crippen molar-refractivity contribution in [2.75, 3.05) is 4.90 Å². The Labute approximate surface area is 271 Å². The third-order valence-corrected chi connectivity index (χ3v) is 11.3. The summed E-state index contributed by atoms with van der Waals surface area (Å²) >= 11 is 1.95. The van der Waals surface area contributed by atoms with Crippen LogP contribution in [0.2, 0.25) is 0 Å². The summed E-state index contributed by atoms with van der Waals surface area (Å²) in [6, 6.07) is 50.6. The quantitative estimate of drug-likeness (QED) is 0.188. The van der Waals surface area contributed by atoms with Crippen molar-refractivity contribution >= 4 is 51.9 Å². The fourth-order valence-electron chi connectivity index (χ4n) is 8.32. The second kappa shape index (κ2) is 9.52. The molecule has 0 atom stereocenters. The smallest absolute Gasteiger partial charge is 0.250 e. The summed E-state index contributed by atoms with van der Waals surface area (Å²) in [5.41, 5.74) is 15.9. The van der Waals surface area contributed by atoms with Crippen LogP contribution in [-0.4, -0.2) is 6.71 Å². The standard InChI is InChI=1S/C42H34BNS/c1-27-25-35-40-37(26-27)45-36-20-12-18-33-39(36)43(40)38-32(42(33,29-13-7-5-8-14-29)30-15-9-6-10-16-30)17-11-19-34(38)44(35)31-23-21-28(22-24-31)41(2,3)4/h5-26H,1-4H3. The van der Waals surface area contributed by atoms with Crippen LogP contribution in [-0.2, 0) is 10.8 Å². The Bertz CT molecular complexity index is 2090. The lowest BCUT2D eigenvalue weighted by Gasteiger charge is -2.50. The van der Waals surface area contributed by atoms with Crippen molar-refractivity contribution in [2.24, 2.45) is 0 Å². The normalized spacial score (nSPS) is 15.1. The van der Waals surface area contributed by atoms with Crippen molar-refractivity contribution in [3.05, 3.63) is 167 Å². The van der Waals surface area contributed by atoms with Gasteiger partial charge in [0.1, 0.15) is 0 Å². The van der Waals surface area contributed by atoms with Crippen LogP contribution in [0.15, 0.2) is 143 Å². The molecular weight excluding hydrogens is 561 g/mol. The van der Waals surface area contributed by atoms with E-state index in [-0.39, 0.29) is 12.1 Å². The van der Waals surface area contributed by atoms with E-state index in [1.165, 1.54) is 76.6 Å². The molecule has 0 saturated heterocycles. The van der Waals surface area contributed by atoms with E-state index in [4.69, 9.17) is 0 Å². The fourth-order valence-corrected chi connectivity index (χ4v) is 9.62. The Hall–Kier alpha value is -4.47. The van der Waals surface area contributed by atoms with Gasteiger partial charge in [-0.3, -0.25) is 0 Å². The zero-order valence-corrected chi connectivity index (χ0v) is 27.0. The Morgan fingerprint density at radius 3 is 1.84 bits per heavy atom. The fraction of sp³-hybridized carbons (Fsp3) is 0.143. The highest BCUT2D eigenvalue weighted by molar-refractivity contribution is 8.00. The minimum atomic E-state index is -0.447. The molecular formula is C42H34BNS. The molecule has 0 aromatic heterocycles. The molecule has 45 heavy (non-hydrogen) atoms. The zero-order valence-electron chi connectivity index (χ0n) is 26.1. The second-order valence-electron chi connectivity index (χ2n) is 13.8. The van der Waals surface area contributed by atoms with E-state index < -0.39 is 5.41 Å². The molecule has 0 aliphatic carbocycles. The van der Waals surface area contributed by atoms with Gasteiger partial charge in [-0.2, -0.15) is 0 Å². The third-order valence-electron chi connectivity index (χ3n) is 10.2. The highest BCUT2D eigenvalue weighted by Gasteiger charge is 2.53. The number of benzene rings is 6. The van der Waals surface area contributed by atoms with Crippen molar-refractivity contribution in [3.8, 4) is 0 Å². The van der Waals surface area contributed by atoms with Crippen LogP contribution in [0.5, 0.6) is 0 Å². The van der Waals surface area contributed by atoms with E-state index >= 15 is 0 Å². The van der Waals surface area contributed by atoms with Crippen LogP contribution in [0.1, 0.15) is 54.2 Å². The summed E-state index contributed by atoms with van der Waals surface area (Å²) in [6.45, 7) is 9.29. The van der Waals surface area contributed by atoms with Crippen LogP contribution in [0.25, 0.3) is 0 Å².